The maximum Gasteiger partial charge on any atom is 0.354 e. The molecule has 0 spiro atoms. The Labute approximate surface area is 132 Å². The van der Waals surface area contributed by atoms with Crippen LogP contribution in [-0.4, -0.2) is 32.8 Å². The number of aromatic nitrogens is 3. The second kappa shape index (κ2) is 5.38. The fourth-order valence-corrected chi connectivity index (χ4v) is 2.36. The number of hydrogen-bond donors (Lipinski definition) is 1. The van der Waals surface area contributed by atoms with Crippen molar-refractivity contribution in [3.63, 3.8) is 0 Å². The summed E-state index contributed by atoms with van der Waals surface area (Å²) >= 11 is 3.19. The van der Waals surface area contributed by atoms with Gasteiger partial charge in [0.2, 0.25) is 5.88 Å². The summed E-state index contributed by atoms with van der Waals surface area (Å²) in [4.78, 5) is 15.0. The lowest BCUT2D eigenvalue weighted by atomic mass is 10.1. The molecule has 22 heavy (non-hydrogen) atoms. The quantitative estimate of drug-likeness (QED) is 0.771. The molecule has 3 aromatic rings. The van der Waals surface area contributed by atoms with Crippen LogP contribution in [0.4, 0.5) is 4.39 Å². The molecule has 3 rings (SSSR count). The van der Waals surface area contributed by atoms with Crippen LogP contribution in [0, 0.1) is 5.82 Å². The molecule has 6 nitrogen and oxygen atoms in total. The Kier molecular flexibility index (Phi) is 3.53. The van der Waals surface area contributed by atoms with Crippen LogP contribution in [0.2, 0.25) is 0 Å². The first-order valence-electron chi connectivity index (χ1n) is 6.13. The molecule has 8 heteroatoms. The Balaban J connectivity index is 2.22. The number of fused-ring (bicyclic) bond motifs is 1. The van der Waals surface area contributed by atoms with E-state index in [1.165, 1.54) is 29.8 Å². The minimum Gasteiger partial charge on any atom is -0.481 e. The van der Waals surface area contributed by atoms with Gasteiger partial charge in [0.05, 0.1) is 12.8 Å². The summed E-state index contributed by atoms with van der Waals surface area (Å²) in [5.74, 6) is -1.43. The molecule has 0 aliphatic heterocycles. The van der Waals surface area contributed by atoms with E-state index in [0.29, 0.717) is 10.2 Å². The number of nitrogens with zero attached hydrogens (tertiary/aromatic N) is 3. The first-order chi connectivity index (χ1) is 10.5. The zero-order valence-corrected chi connectivity index (χ0v) is 12.8. The standard InChI is InChI=1S/C14H9BrFN3O3/c1-22-13-6-11(14(20)21)17-12-5-10(18-19(12)13)8-3-2-7(15)4-9(8)16/h2-6H,1H3,(H,20,21). The lowest BCUT2D eigenvalue weighted by Crippen LogP contribution is -2.05. The molecule has 0 fully saturated rings. The van der Waals surface area contributed by atoms with E-state index in [1.807, 2.05) is 0 Å². The molecule has 0 amide bonds. The highest BCUT2D eigenvalue weighted by molar-refractivity contribution is 9.10. The van der Waals surface area contributed by atoms with Gasteiger partial charge in [-0.2, -0.15) is 9.61 Å². The Hall–Kier alpha value is -2.48. The molecule has 2 aromatic heterocycles. The van der Waals surface area contributed by atoms with E-state index in [0.717, 1.165) is 0 Å². The van der Waals surface area contributed by atoms with E-state index in [-0.39, 0.29) is 22.8 Å². The normalized spacial score (nSPS) is 10.9. The van der Waals surface area contributed by atoms with Gasteiger partial charge in [-0.15, -0.1) is 0 Å². The molecule has 0 saturated heterocycles. The van der Waals surface area contributed by atoms with Gasteiger partial charge < -0.3 is 9.84 Å². The smallest absolute Gasteiger partial charge is 0.354 e. The molecule has 0 bridgehead atoms. The second-order valence-electron chi connectivity index (χ2n) is 4.41. The summed E-state index contributed by atoms with van der Waals surface area (Å²) in [6, 6.07) is 7.35. The van der Waals surface area contributed by atoms with Crippen LogP contribution in [0.25, 0.3) is 16.9 Å². The molecule has 0 radical (unpaired) electrons. The predicted octanol–water partition coefficient (Wildman–Crippen LogP) is 3.00. The molecule has 0 atom stereocenters. The van der Waals surface area contributed by atoms with E-state index < -0.39 is 11.8 Å². The summed E-state index contributed by atoms with van der Waals surface area (Å²) < 4.78 is 21.1. The van der Waals surface area contributed by atoms with Crippen LogP contribution in [0.3, 0.4) is 0 Å². The van der Waals surface area contributed by atoms with Crippen molar-refractivity contribution in [3.05, 3.63) is 46.3 Å². The summed E-state index contributed by atoms with van der Waals surface area (Å²) in [6.07, 6.45) is 0. The summed E-state index contributed by atoms with van der Waals surface area (Å²) in [7, 11) is 1.39. The van der Waals surface area contributed by atoms with Crippen molar-refractivity contribution in [2.75, 3.05) is 7.11 Å². The van der Waals surface area contributed by atoms with Gasteiger partial charge in [0, 0.05) is 22.2 Å². The van der Waals surface area contributed by atoms with E-state index in [2.05, 4.69) is 26.0 Å². The minimum atomic E-state index is -1.18. The van der Waals surface area contributed by atoms with Crippen LogP contribution in [0.1, 0.15) is 10.5 Å². The van der Waals surface area contributed by atoms with Gasteiger partial charge in [-0.1, -0.05) is 15.9 Å². The highest BCUT2D eigenvalue weighted by Gasteiger charge is 2.16. The molecule has 1 aromatic carbocycles. The van der Waals surface area contributed by atoms with Gasteiger partial charge in [-0.25, -0.2) is 14.2 Å². The van der Waals surface area contributed by atoms with Gasteiger partial charge in [0.25, 0.3) is 0 Å². The van der Waals surface area contributed by atoms with Gasteiger partial charge >= 0.3 is 5.97 Å². The number of carbonyl (C=O) groups is 1. The number of benzene rings is 1. The van der Waals surface area contributed by atoms with Gasteiger partial charge in [0.15, 0.2) is 11.3 Å². The first-order valence-corrected chi connectivity index (χ1v) is 6.92. The first kappa shape index (κ1) is 14.5. The third kappa shape index (κ3) is 2.41. The number of rotatable bonds is 3. The maximum atomic E-state index is 14.0. The van der Waals surface area contributed by atoms with E-state index >= 15 is 0 Å². The van der Waals surface area contributed by atoms with Crippen LogP contribution >= 0.6 is 15.9 Å². The molecule has 0 saturated carbocycles. The third-order valence-corrected chi connectivity index (χ3v) is 3.52. The number of carboxylic acids is 1. The maximum absolute atomic E-state index is 14.0. The van der Waals surface area contributed by atoms with Crippen molar-refractivity contribution >= 4 is 27.5 Å². The van der Waals surface area contributed by atoms with E-state index in [4.69, 9.17) is 9.84 Å². The Morgan fingerprint density at radius 2 is 2.14 bits per heavy atom. The molecule has 0 aliphatic carbocycles. The number of halogens is 2. The zero-order valence-electron chi connectivity index (χ0n) is 11.2. The molecular formula is C14H9BrFN3O3. The fourth-order valence-electron chi connectivity index (χ4n) is 2.03. The summed E-state index contributed by atoms with van der Waals surface area (Å²) in [5.41, 5.74) is 0.701. The van der Waals surface area contributed by atoms with Crippen LogP contribution in [-0.2, 0) is 0 Å². The minimum absolute atomic E-state index is 0.174. The predicted molar refractivity (Wildman–Crippen MR) is 79.6 cm³/mol. The van der Waals surface area contributed by atoms with Crippen molar-refractivity contribution in [2.24, 2.45) is 0 Å². The summed E-state index contributed by atoms with van der Waals surface area (Å²) in [5, 5.41) is 13.3. The molecule has 1 N–H and O–H groups in total. The van der Waals surface area contributed by atoms with E-state index in [9.17, 15) is 9.18 Å². The SMILES string of the molecule is COc1cc(C(=O)O)nc2cc(-c3ccc(Br)cc3F)nn12. The fraction of sp³-hybridized carbons (Fsp3) is 0.0714. The summed E-state index contributed by atoms with van der Waals surface area (Å²) in [6.45, 7) is 0. The van der Waals surface area contributed by atoms with Crippen LogP contribution < -0.4 is 4.74 Å². The average Bonchev–Trinajstić information content (AvgIpc) is 2.89. The molecule has 112 valence electrons. The van der Waals surface area contributed by atoms with Crippen LogP contribution in [0.15, 0.2) is 34.8 Å². The number of aromatic carboxylic acids is 1. The van der Waals surface area contributed by atoms with Gasteiger partial charge in [-0.05, 0) is 18.2 Å². The highest BCUT2D eigenvalue weighted by atomic mass is 79.9. The lowest BCUT2D eigenvalue weighted by Gasteiger charge is -2.03. The van der Waals surface area contributed by atoms with Crippen LogP contribution in [0.5, 0.6) is 5.88 Å². The lowest BCUT2D eigenvalue weighted by molar-refractivity contribution is 0.0690. The molecule has 2 heterocycles. The molecule has 0 aliphatic rings. The molecule has 0 unspecified atom stereocenters. The van der Waals surface area contributed by atoms with Gasteiger partial charge in [-0.3, -0.25) is 0 Å². The topological polar surface area (TPSA) is 76.7 Å². The van der Waals surface area contributed by atoms with Crippen molar-refractivity contribution < 1.29 is 19.0 Å². The largest absolute Gasteiger partial charge is 0.481 e. The van der Waals surface area contributed by atoms with Crippen molar-refractivity contribution in [2.45, 2.75) is 0 Å². The monoisotopic (exact) mass is 365 g/mol. The van der Waals surface area contributed by atoms with Gasteiger partial charge in [0.1, 0.15) is 5.82 Å². The van der Waals surface area contributed by atoms with Crippen molar-refractivity contribution in [3.8, 4) is 17.1 Å². The Morgan fingerprint density at radius 3 is 2.77 bits per heavy atom. The van der Waals surface area contributed by atoms with Crippen molar-refractivity contribution in [1.29, 1.82) is 0 Å². The number of methoxy groups -OCH3 is 1. The highest BCUT2D eigenvalue weighted by Crippen LogP contribution is 2.26. The number of ether oxygens (including phenoxy) is 1. The second-order valence-corrected chi connectivity index (χ2v) is 5.33. The average molecular weight is 366 g/mol. The Morgan fingerprint density at radius 1 is 1.36 bits per heavy atom. The third-order valence-electron chi connectivity index (χ3n) is 3.03. The van der Waals surface area contributed by atoms with Crippen molar-refractivity contribution in [1.82, 2.24) is 14.6 Å². The van der Waals surface area contributed by atoms with E-state index in [1.54, 1.807) is 12.1 Å². The molecular weight excluding hydrogens is 357 g/mol. The zero-order chi connectivity index (χ0) is 15.9. The Bertz CT molecular complexity index is 894. The number of carboxylic acid groups (broad SMARTS) is 1. The number of hydrogen-bond acceptors (Lipinski definition) is 4.